The van der Waals surface area contributed by atoms with Crippen LogP contribution in [0.4, 0.5) is 0 Å². The van der Waals surface area contributed by atoms with Crippen LogP contribution in [0.5, 0.6) is 5.75 Å². The van der Waals surface area contributed by atoms with Gasteiger partial charge in [-0.2, -0.15) is 0 Å². The molecular formula is C58H45N3O. The van der Waals surface area contributed by atoms with E-state index in [2.05, 4.69) is 195 Å². The van der Waals surface area contributed by atoms with Gasteiger partial charge in [-0.1, -0.05) is 166 Å². The maximum Gasteiger partial charge on any atom is 0.149 e. The normalized spacial score (nSPS) is 11.5. The van der Waals surface area contributed by atoms with Crippen LogP contribution in [0.3, 0.4) is 0 Å². The van der Waals surface area contributed by atoms with E-state index in [0.29, 0.717) is 11.4 Å². The minimum atomic E-state index is -0.158. The number of para-hydroxylation sites is 2. The Morgan fingerprint density at radius 1 is 0.419 bits per heavy atom. The van der Waals surface area contributed by atoms with Crippen molar-refractivity contribution >= 4 is 11.0 Å². The lowest BCUT2D eigenvalue weighted by atomic mass is 9.79. The van der Waals surface area contributed by atoms with Crippen molar-refractivity contribution < 1.29 is 5.11 Å². The SMILES string of the molecule is CC(C)(C)c1cc(-c2ccccc2)c(-n2c(-c3ccccc3O)nc3c(-c4cc(-c5ccccc5)cc(-c5cc(-c6ccccc6)ccn5)c4)cccc32)cc1-c1ccccc1. The quantitative estimate of drug-likeness (QED) is 0.167. The van der Waals surface area contributed by atoms with E-state index in [1.807, 2.05) is 36.5 Å². The zero-order valence-electron chi connectivity index (χ0n) is 35.0. The largest absolute Gasteiger partial charge is 0.507 e. The zero-order chi connectivity index (χ0) is 42.2. The smallest absolute Gasteiger partial charge is 0.149 e. The second-order valence-electron chi connectivity index (χ2n) is 16.8. The van der Waals surface area contributed by atoms with Crippen LogP contribution in [0.15, 0.2) is 212 Å². The molecule has 8 aromatic carbocycles. The molecular weight excluding hydrogens is 755 g/mol. The van der Waals surface area contributed by atoms with Gasteiger partial charge in [0.25, 0.3) is 0 Å². The predicted molar refractivity (Wildman–Crippen MR) is 257 cm³/mol. The lowest BCUT2D eigenvalue weighted by molar-refractivity contribution is 0.477. The Morgan fingerprint density at radius 2 is 0.968 bits per heavy atom. The number of phenolic OH excluding ortho intramolecular Hbond substituents is 1. The molecule has 2 heterocycles. The first-order valence-electron chi connectivity index (χ1n) is 21.1. The number of aromatic hydroxyl groups is 1. The van der Waals surface area contributed by atoms with E-state index in [0.717, 1.165) is 83.6 Å². The number of hydrogen-bond donors (Lipinski definition) is 1. The van der Waals surface area contributed by atoms with Crippen molar-refractivity contribution in [2.24, 2.45) is 0 Å². The number of nitrogens with zero attached hydrogens (tertiary/aromatic N) is 3. The minimum absolute atomic E-state index is 0.158. The summed E-state index contributed by atoms with van der Waals surface area (Å²) in [6, 6.07) is 71.8. The van der Waals surface area contributed by atoms with Crippen LogP contribution in [0, 0.1) is 0 Å². The van der Waals surface area contributed by atoms with Crippen LogP contribution in [-0.2, 0) is 5.41 Å². The standard InChI is InChI=1S/C58H45N3O/c1-58(2,3)51-37-50(42-25-14-7-15-26-42)54(38-49(51)41-23-12-6-13-24-41)61-53-29-18-28-47(56(53)60-57(61)48-27-16-17-30-55(48)62)45-33-44(40-21-10-5-11-22-40)34-46(35-45)52-36-43(31-32-59-52)39-19-8-4-9-20-39/h4-38,62H,1-3H3. The van der Waals surface area contributed by atoms with Crippen molar-refractivity contribution in [2.75, 3.05) is 0 Å². The van der Waals surface area contributed by atoms with Gasteiger partial charge in [0.15, 0.2) is 0 Å². The Hall–Kier alpha value is -7.82. The van der Waals surface area contributed by atoms with Gasteiger partial charge in [0.1, 0.15) is 11.6 Å². The Balaban J connectivity index is 1.27. The van der Waals surface area contributed by atoms with Crippen molar-refractivity contribution in [1.82, 2.24) is 14.5 Å². The minimum Gasteiger partial charge on any atom is -0.507 e. The molecule has 0 aliphatic carbocycles. The van der Waals surface area contributed by atoms with Gasteiger partial charge in [-0.3, -0.25) is 9.55 Å². The topological polar surface area (TPSA) is 50.9 Å². The van der Waals surface area contributed by atoms with Gasteiger partial charge in [-0.05, 0) is 116 Å². The lowest BCUT2D eigenvalue weighted by Gasteiger charge is -2.27. The third-order valence-corrected chi connectivity index (χ3v) is 11.7. The van der Waals surface area contributed by atoms with Gasteiger partial charge in [0.2, 0.25) is 0 Å². The maximum absolute atomic E-state index is 11.6. The maximum atomic E-state index is 11.6. The Labute approximate surface area is 363 Å². The number of fused-ring (bicyclic) bond motifs is 1. The van der Waals surface area contributed by atoms with E-state index >= 15 is 0 Å². The highest BCUT2D eigenvalue weighted by Crippen LogP contribution is 2.45. The molecule has 0 saturated heterocycles. The first kappa shape index (κ1) is 38.4. The van der Waals surface area contributed by atoms with Crippen LogP contribution < -0.4 is 0 Å². The van der Waals surface area contributed by atoms with Crippen molar-refractivity contribution in [2.45, 2.75) is 26.2 Å². The van der Waals surface area contributed by atoms with Gasteiger partial charge in [-0.15, -0.1) is 0 Å². The highest BCUT2D eigenvalue weighted by Gasteiger charge is 2.27. The molecule has 10 rings (SSSR count). The molecule has 2 aromatic heterocycles. The molecule has 0 radical (unpaired) electrons. The average molecular weight is 800 g/mol. The summed E-state index contributed by atoms with van der Waals surface area (Å²) in [7, 11) is 0. The van der Waals surface area contributed by atoms with E-state index in [1.54, 1.807) is 6.07 Å². The van der Waals surface area contributed by atoms with E-state index in [9.17, 15) is 5.11 Å². The van der Waals surface area contributed by atoms with Crippen LogP contribution >= 0.6 is 0 Å². The number of pyridine rings is 1. The highest BCUT2D eigenvalue weighted by molar-refractivity contribution is 5.99. The molecule has 0 aliphatic heterocycles. The van der Waals surface area contributed by atoms with E-state index in [-0.39, 0.29) is 11.2 Å². The summed E-state index contributed by atoms with van der Waals surface area (Å²) < 4.78 is 2.25. The van der Waals surface area contributed by atoms with Crippen molar-refractivity contribution in [3.8, 4) is 89.7 Å². The van der Waals surface area contributed by atoms with Gasteiger partial charge in [-0.25, -0.2) is 4.98 Å². The molecule has 0 spiro atoms. The first-order chi connectivity index (χ1) is 30.3. The molecule has 0 saturated carbocycles. The molecule has 0 aliphatic rings. The number of hydrogen-bond acceptors (Lipinski definition) is 3. The summed E-state index contributed by atoms with van der Waals surface area (Å²) in [5.41, 5.74) is 17.3. The fourth-order valence-corrected chi connectivity index (χ4v) is 8.65. The van der Waals surface area contributed by atoms with Gasteiger partial charge >= 0.3 is 0 Å². The first-order valence-corrected chi connectivity index (χ1v) is 21.1. The third kappa shape index (κ3) is 7.26. The molecule has 4 heteroatoms. The molecule has 62 heavy (non-hydrogen) atoms. The second-order valence-corrected chi connectivity index (χ2v) is 16.8. The Kier molecular flexibility index (Phi) is 9.90. The van der Waals surface area contributed by atoms with Crippen molar-refractivity contribution in [3.05, 3.63) is 218 Å². The molecule has 0 bridgehead atoms. The molecule has 10 aromatic rings. The summed E-state index contributed by atoms with van der Waals surface area (Å²) in [5.74, 6) is 0.820. The van der Waals surface area contributed by atoms with Crippen LogP contribution in [0.2, 0.25) is 0 Å². The van der Waals surface area contributed by atoms with Crippen molar-refractivity contribution in [3.63, 3.8) is 0 Å². The summed E-state index contributed by atoms with van der Waals surface area (Å²) in [5, 5.41) is 11.6. The molecule has 298 valence electrons. The van der Waals surface area contributed by atoms with E-state index in [1.165, 1.54) is 5.56 Å². The van der Waals surface area contributed by atoms with Gasteiger partial charge in [0, 0.05) is 22.9 Å². The van der Waals surface area contributed by atoms with Gasteiger partial charge in [0.05, 0.1) is 28.0 Å². The number of benzene rings is 8. The fraction of sp³-hybridized carbons (Fsp3) is 0.0690. The van der Waals surface area contributed by atoms with Gasteiger partial charge < -0.3 is 5.11 Å². The lowest BCUT2D eigenvalue weighted by Crippen LogP contribution is -2.14. The Bertz CT molecular complexity index is 3200. The predicted octanol–water partition coefficient (Wildman–Crippen LogP) is 15.1. The molecule has 0 unspecified atom stereocenters. The van der Waals surface area contributed by atoms with Crippen LogP contribution in [0.1, 0.15) is 26.3 Å². The molecule has 0 atom stereocenters. The summed E-state index contributed by atoms with van der Waals surface area (Å²) in [4.78, 5) is 10.5. The summed E-state index contributed by atoms with van der Waals surface area (Å²) in [6.07, 6.45) is 1.90. The third-order valence-electron chi connectivity index (χ3n) is 11.7. The Morgan fingerprint density at radius 3 is 1.61 bits per heavy atom. The monoisotopic (exact) mass is 799 g/mol. The van der Waals surface area contributed by atoms with E-state index < -0.39 is 0 Å². The summed E-state index contributed by atoms with van der Waals surface area (Å²) >= 11 is 0. The zero-order valence-corrected chi connectivity index (χ0v) is 35.0. The van der Waals surface area contributed by atoms with Crippen molar-refractivity contribution in [1.29, 1.82) is 0 Å². The number of rotatable bonds is 8. The highest BCUT2D eigenvalue weighted by atomic mass is 16.3. The van der Waals surface area contributed by atoms with E-state index in [4.69, 9.17) is 9.97 Å². The second kappa shape index (κ2) is 16.0. The van der Waals surface area contributed by atoms with Crippen LogP contribution in [-0.4, -0.2) is 19.6 Å². The average Bonchev–Trinajstić information content (AvgIpc) is 3.71. The number of imidazole rings is 1. The molecule has 0 amide bonds. The number of phenols is 1. The summed E-state index contributed by atoms with van der Waals surface area (Å²) in [6.45, 7) is 6.84. The number of aromatic nitrogens is 3. The fourth-order valence-electron chi connectivity index (χ4n) is 8.65. The molecule has 1 N–H and O–H groups in total. The molecule has 4 nitrogen and oxygen atoms in total. The van der Waals surface area contributed by atoms with Crippen LogP contribution in [0.25, 0.3) is 95.0 Å². The molecule has 0 fully saturated rings.